The second-order valence-corrected chi connectivity index (χ2v) is 8.28. The monoisotopic (exact) mass is 387 g/mol. The average Bonchev–Trinajstić information content (AvgIpc) is 2.79. The number of piperazine rings is 1. The summed E-state index contributed by atoms with van der Waals surface area (Å²) in [5.74, 6) is 2.02. The fourth-order valence-corrected chi connectivity index (χ4v) is 4.64. The van der Waals surface area contributed by atoms with Gasteiger partial charge in [-0.25, -0.2) is 0 Å². The van der Waals surface area contributed by atoms with Crippen molar-refractivity contribution in [3.8, 4) is 0 Å². The largest absolute Gasteiger partial charge is 0.378 e. The number of rotatable bonds is 5. The fraction of sp³-hybridized carbons (Fsp3) is 0.762. The Kier molecular flexibility index (Phi) is 6.62. The molecule has 1 aliphatic carbocycles. The third kappa shape index (κ3) is 4.93. The number of aromatic nitrogens is 2. The highest BCUT2D eigenvalue weighted by Crippen LogP contribution is 2.27. The van der Waals surface area contributed by atoms with E-state index in [1.807, 2.05) is 11.1 Å². The number of amides is 1. The molecule has 28 heavy (non-hydrogen) atoms. The van der Waals surface area contributed by atoms with Crippen LogP contribution in [0.4, 0.5) is 11.5 Å². The Labute approximate surface area is 168 Å². The summed E-state index contributed by atoms with van der Waals surface area (Å²) in [6.07, 6.45) is 10.3. The molecule has 1 saturated carbocycles. The molecule has 1 aromatic rings. The van der Waals surface area contributed by atoms with Crippen LogP contribution in [0.2, 0.25) is 0 Å². The predicted molar refractivity (Wildman–Crippen MR) is 110 cm³/mol. The van der Waals surface area contributed by atoms with Crippen molar-refractivity contribution in [3.05, 3.63) is 12.3 Å². The maximum absolute atomic E-state index is 12.6. The summed E-state index contributed by atoms with van der Waals surface area (Å²) in [6.45, 7) is 6.55. The summed E-state index contributed by atoms with van der Waals surface area (Å²) in [5, 5.41) is 8.56. The molecule has 1 aromatic heterocycles. The molecule has 154 valence electrons. The van der Waals surface area contributed by atoms with Crippen LogP contribution >= 0.6 is 0 Å². The number of carbonyl (C=O) groups is 1. The van der Waals surface area contributed by atoms with E-state index in [9.17, 15) is 4.79 Å². The van der Waals surface area contributed by atoms with Crippen LogP contribution in [0.15, 0.2) is 12.3 Å². The fourth-order valence-electron chi connectivity index (χ4n) is 4.64. The molecule has 0 aromatic carbocycles. The Balaban J connectivity index is 1.26. The molecule has 7 nitrogen and oxygen atoms in total. The molecule has 3 fully saturated rings. The SMILES string of the molecule is O=C(CCC1CCCCC1)N1CCN(c2cc(N3CCOCC3)cnn2)CC1. The molecule has 7 heteroatoms. The molecule has 1 amide bonds. The van der Waals surface area contributed by atoms with Gasteiger partial charge in [-0.3, -0.25) is 4.79 Å². The molecule has 0 radical (unpaired) electrons. The van der Waals surface area contributed by atoms with Crippen LogP contribution in [0.1, 0.15) is 44.9 Å². The molecule has 2 aliphatic heterocycles. The standard InChI is InChI=1S/C21H33N5O2/c27-21(7-6-18-4-2-1-3-5-18)26-10-8-25(9-11-26)20-16-19(17-22-23-20)24-12-14-28-15-13-24/h16-18H,1-15H2. The van der Waals surface area contributed by atoms with Gasteiger partial charge in [-0.15, -0.1) is 5.10 Å². The number of hydrogen-bond donors (Lipinski definition) is 0. The highest BCUT2D eigenvalue weighted by atomic mass is 16.5. The third-order valence-corrected chi connectivity index (χ3v) is 6.45. The molecule has 4 rings (SSSR count). The maximum atomic E-state index is 12.6. The second-order valence-electron chi connectivity index (χ2n) is 8.28. The molecule has 0 atom stereocenters. The minimum atomic E-state index is 0.332. The van der Waals surface area contributed by atoms with Gasteiger partial charge < -0.3 is 19.4 Å². The van der Waals surface area contributed by atoms with E-state index in [2.05, 4.69) is 26.1 Å². The van der Waals surface area contributed by atoms with E-state index < -0.39 is 0 Å². The van der Waals surface area contributed by atoms with Crippen LogP contribution in [0.25, 0.3) is 0 Å². The van der Waals surface area contributed by atoms with Crippen molar-refractivity contribution in [1.29, 1.82) is 0 Å². The van der Waals surface area contributed by atoms with Crippen LogP contribution in [0.5, 0.6) is 0 Å². The van der Waals surface area contributed by atoms with Gasteiger partial charge in [-0.05, 0) is 12.3 Å². The first-order valence-corrected chi connectivity index (χ1v) is 11.0. The van der Waals surface area contributed by atoms with Gasteiger partial charge >= 0.3 is 0 Å². The van der Waals surface area contributed by atoms with Crippen molar-refractivity contribution in [3.63, 3.8) is 0 Å². The van der Waals surface area contributed by atoms with Crippen molar-refractivity contribution in [2.75, 3.05) is 62.3 Å². The number of hydrogen-bond acceptors (Lipinski definition) is 6. The van der Waals surface area contributed by atoms with Crippen LogP contribution in [-0.2, 0) is 9.53 Å². The van der Waals surface area contributed by atoms with Crippen molar-refractivity contribution >= 4 is 17.4 Å². The molecule has 3 aliphatic rings. The molecular formula is C21H33N5O2. The van der Waals surface area contributed by atoms with Gasteiger partial charge in [0, 0.05) is 51.8 Å². The molecule has 0 bridgehead atoms. The Morgan fingerprint density at radius 3 is 2.50 bits per heavy atom. The van der Waals surface area contributed by atoms with E-state index in [1.165, 1.54) is 32.1 Å². The zero-order valence-corrected chi connectivity index (χ0v) is 16.9. The highest BCUT2D eigenvalue weighted by Gasteiger charge is 2.24. The Hall–Kier alpha value is -1.89. The Morgan fingerprint density at radius 1 is 1.00 bits per heavy atom. The lowest BCUT2D eigenvalue weighted by molar-refractivity contribution is -0.131. The lowest BCUT2D eigenvalue weighted by Gasteiger charge is -2.36. The van der Waals surface area contributed by atoms with E-state index >= 15 is 0 Å². The predicted octanol–water partition coefficient (Wildman–Crippen LogP) is 2.32. The minimum absolute atomic E-state index is 0.332. The Bertz CT molecular complexity index is 635. The van der Waals surface area contributed by atoms with E-state index in [4.69, 9.17) is 4.74 Å². The summed E-state index contributed by atoms with van der Waals surface area (Å²) >= 11 is 0. The van der Waals surface area contributed by atoms with E-state index in [1.54, 1.807) is 0 Å². The van der Waals surface area contributed by atoms with Gasteiger partial charge in [-0.2, -0.15) is 5.10 Å². The summed E-state index contributed by atoms with van der Waals surface area (Å²) in [4.78, 5) is 19.2. The minimum Gasteiger partial charge on any atom is -0.378 e. The van der Waals surface area contributed by atoms with Gasteiger partial charge in [0.1, 0.15) is 0 Å². The van der Waals surface area contributed by atoms with Crippen LogP contribution in [0, 0.1) is 5.92 Å². The topological polar surface area (TPSA) is 61.8 Å². The molecule has 3 heterocycles. The Morgan fingerprint density at radius 2 is 1.75 bits per heavy atom. The molecule has 0 N–H and O–H groups in total. The summed E-state index contributed by atoms with van der Waals surface area (Å²) < 4.78 is 5.43. The lowest BCUT2D eigenvalue weighted by Crippen LogP contribution is -2.49. The van der Waals surface area contributed by atoms with Crippen molar-refractivity contribution < 1.29 is 9.53 Å². The first-order valence-electron chi connectivity index (χ1n) is 11.0. The van der Waals surface area contributed by atoms with E-state index in [0.717, 1.165) is 82.7 Å². The number of nitrogens with zero attached hydrogens (tertiary/aromatic N) is 5. The molecule has 0 spiro atoms. The summed E-state index contributed by atoms with van der Waals surface area (Å²) in [5.41, 5.74) is 1.11. The number of carbonyl (C=O) groups excluding carboxylic acids is 1. The molecule has 0 unspecified atom stereocenters. The summed E-state index contributed by atoms with van der Waals surface area (Å²) in [7, 11) is 0. The second kappa shape index (κ2) is 9.54. The summed E-state index contributed by atoms with van der Waals surface area (Å²) in [6, 6.07) is 2.12. The van der Waals surface area contributed by atoms with Gasteiger partial charge in [-0.1, -0.05) is 32.1 Å². The van der Waals surface area contributed by atoms with E-state index in [0.29, 0.717) is 5.91 Å². The van der Waals surface area contributed by atoms with Crippen LogP contribution in [-0.4, -0.2) is 73.5 Å². The van der Waals surface area contributed by atoms with Gasteiger partial charge in [0.25, 0.3) is 0 Å². The smallest absolute Gasteiger partial charge is 0.222 e. The van der Waals surface area contributed by atoms with Gasteiger partial charge in [0.05, 0.1) is 25.1 Å². The zero-order valence-electron chi connectivity index (χ0n) is 16.9. The average molecular weight is 388 g/mol. The van der Waals surface area contributed by atoms with Gasteiger partial charge in [0.15, 0.2) is 5.82 Å². The first kappa shape index (κ1) is 19.4. The third-order valence-electron chi connectivity index (χ3n) is 6.45. The van der Waals surface area contributed by atoms with Crippen molar-refractivity contribution in [1.82, 2.24) is 15.1 Å². The number of anilines is 2. The van der Waals surface area contributed by atoms with Crippen molar-refractivity contribution in [2.24, 2.45) is 5.92 Å². The van der Waals surface area contributed by atoms with Crippen LogP contribution < -0.4 is 9.80 Å². The quantitative estimate of drug-likeness (QED) is 0.773. The van der Waals surface area contributed by atoms with Crippen LogP contribution in [0.3, 0.4) is 0 Å². The highest BCUT2D eigenvalue weighted by molar-refractivity contribution is 5.76. The van der Waals surface area contributed by atoms with E-state index in [-0.39, 0.29) is 0 Å². The number of ether oxygens (including phenoxy) is 1. The number of morpholine rings is 1. The molecular weight excluding hydrogens is 354 g/mol. The lowest BCUT2D eigenvalue weighted by atomic mass is 9.86. The zero-order chi connectivity index (χ0) is 19.2. The normalized spacial score (nSPS) is 21.8. The van der Waals surface area contributed by atoms with Gasteiger partial charge in [0.2, 0.25) is 5.91 Å². The maximum Gasteiger partial charge on any atom is 0.222 e. The first-order chi connectivity index (χ1) is 13.8. The van der Waals surface area contributed by atoms with Crippen molar-refractivity contribution in [2.45, 2.75) is 44.9 Å². The molecule has 2 saturated heterocycles.